The summed E-state index contributed by atoms with van der Waals surface area (Å²) >= 11 is 0. The minimum atomic E-state index is -3.03. The van der Waals surface area contributed by atoms with Gasteiger partial charge in [0.1, 0.15) is 5.75 Å². The first-order chi connectivity index (χ1) is 9.82. The van der Waals surface area contributed by atoms with Crippen LogP contribution in [0.1, 0.15) is 25.8 Å². The SMILES string of the molecule is CCc1ccc(OCC(=O)N[C@@]2(C)CCS(=O)(=O)C2)cc1. The van der Waals surface area contributed by atoms with Crippen LogP contribution in [-0.4, -0.2) is 38.0 Å². The highest BCUT2D eigenvalue weighted by atomic mass is 32.2. The molecule has 21 heavy (non-hydrogen) atoms. The molecule has 0 saturated carbocycles. The number of ether oxygens (including phenoxy) is 1. The lowest BCUT2D eigenvalue weighted by molar-refractivity contribution is -0.124. The van der Waals surface area contributed by atoms with Gasteiger partial charge in [0.15, 0.2) is 16.4 Å². The second-order valence-electron chi connectivity index (χ2n) is 5.74. The minimum absolute atomic E-state index is 0.00304. The summed E-state index contributed by atoms with van der Waals surface area (Å²) in [5.41, 5.74) is 0.529. The zero-order chi connectivity index (χ0) is 15.5. The molecule has 0 bridgehead atoms. The maximum absolute atomic E-state index is 11.9. The Balaban J connectivity index is 1.84. The van der Waals surface area contributed by atoms with Gasteiger partial charge in [-0.1, -0.05) is 19.1 Å². The number of aryl methyl sites for hydroxylation is 1. The van der Waals surface area contributed by atoms with Crippen LogP contribution in [0.15, 0.2) is 24.3 Å². The van der Waals surface area contributed by atoms with Crippen LogP contribution in [0.5, 0.6) is 5.75 Å². The maximum Gasteiger partial charge on any atom is 0.258 e. The molecule has 0 spiro atoms. The Hall–Kier alpha value is -1.56. The van der Waals surface area contributed by atoms with E-state index >= 15 is 0 Å². The largest absolute Gasteiger partial charge is 0.484 e. The number of hydrogen-bond donors (Lipinski definition) is 1. The smallest absolute Gasteiger partial charge is 0.258 e. The number of carbonyl (C=O) groups excluding carboxylic acids is 1. The zero-order valence-corrected chi connectivity index (χ0v) is 13.2. The van der Waals surface area contributed by atoms with Gasteiger partial charge in [0.05, 0.1) is 17.0 Å². The summed E-state index contributed by atoms with van der Waals surface area (Å²) in [6, 6.07) is 7.57. The van der Waals surface area contributed by atoms with Gasteiger partial charge in [-0.2, -0.15) is 0 Å². The molecule has 1 aromatic carbocycles. The van der Waals surface area contributed by atoms with Gasteiger partial charge < -0.3 is 10.1 Å². The lowest BCUT2D eigenvalue weighted by Gasteiger charge is -2.23. The van der Waals surface area contributed by atoms with E-state index in [-0.39, 0.29) is 24.0 Å². The number of amides is 1. The van der Waals surface area contributed by atoms with Crippen LogP contribution < -0.4 is 10.1 Å². The average Bonchev–Trinajstić information content (AvgIpc) is 2.70. The molecule has 1 atom stereocenters. The second-order valence-corrected chi connectivity index (χ2v) is 7.92. The van der Waals surface area contributed by atoms with E-state index in [4.69, 9.17) is 4.74 Å². The first-order valence-electron chi connectivity index (χ1n) is 7.05. The summed E-state index contributed by atoms with van der Waals surface area (Å²) in [6.45, 7) is 3.71. The molecule has 2 rings (SSSR count). The van der Waals surface area contributed by atoms with E-state index in [1.807, 2.05) is 24.3 Å². The van der Waals surface area contributed by atoms with Gasteiger partial charge in [0.25, 0.3) is 5.91 Å². The van der Waals surface area contributed by atoms with Crippen LogP contribution in [0.3, 0.4) is 0 Å². The van der Waals surface area contributed by atoms with Gasteiger partial charge >= 0.3 is 0 Å². The highest BCUT2D eigenvalue weighted by Gasteiger charge is 2.39. The lowest BCUT2D eigenvalue weighted by atomic mass is 10.0. The monoisotopic (exact) mass is 311 g/mol. The molecule has 1 aliphatic heterocycles. The van der Waals surface area contributed by atoms with Crippen LogP contribution in [0.4, 0.5) is 0 Å². The van der Waals surface area contributed by atoms with E-state index in [0.717, 1.165) is 6.42 Å². The van der Waals surface area contributed by atoms with E-state index in [1.54, 1.807) is 6.92 Å². The third kappa shape index (κ3) is 4.46. The van der Waals surface area contributed by atoms with Crippen LogP contribution in [0, 0.1) is 0 Å². The van der Waals surface area contributed by atoms with E-state index < -0.39 is 15.4 Å². The third-order valence-corrected chi connectivity index (χ3v) is 5.55. The molecule has 1 aromatic rings. The van der Waals surface area contributed by atoms with Gasteiger partial charge in [-0.05, 0) is 37.5 Å². The molecule has 1 aliphatic rings. The summed E-state index contributed by atoms with van der Waals surface area (Å²) in [5, 5.41) is 2.76. The number of rotatable bonds is 5. The van der Waals surface area contributed by atoms with Crippen molar-refractivity contribution in [2.75, 3.05) is 18.1 Å². The fraction of sp³-hybridized carbons (Fsp3) is 0.533. The molecule has 0 aromatic heterocycles. The van der Waals surface area contributed by atoms with Crippen LogP contribution in [0.2, 0.25) is 0 Å². The molecule has 1 heterocycles. The van der Waals surface area contributed by atoms with Crippen LogP contribution in [-0.2, 0) is 21.1 Å². The first-order valence-corrected chi connectivity index (χ1v) is 8.87. The Labute approximate surface area is 125 Å². The third-order valence-electron chi connectivity index (χ3n) is 3.65. The number of hydrogen-bond acceptors (Lipinski definition) is 4. The topological polar surface area (TPSA) is 72.5 Å². The number of benzene rings is 1. The van der Waals surface area contributed by atoms with E-state index in [2.05, 4.69) is 12.2 Å². The van der Waals surface area contributed by atoms with Gasteiger partial charge in [-0.25, -0.2) is 8.42 Å². The Morgan fingerprint density at radius 2 is 2.00 bits per heavy atom. The van der Waals surface area contributed by atoms with Crippen molar-refractivity contribution in [2.24, 2.45) is 0 Å². The Morgan fingerprint density at radius 3 is 2.52 bits per heavy atom. The molecule has 6 heteroatoms. The fourth-order valence-corrected chi connectivity index (χ4v) is 4.55. The molecular formula is C15H21NO4S. The number of carbonyl (C=O) groups is 1. The Bertz CT molecular complexity index is 609. The van der Waals surface area contributed by atoms with Gasteiger partial charge in [-0.15, -0.1) is 0 Å². The van der Waals surface area contributed by atoms with Crippen molar-refractivity contribution in [2.45, 2.75) is 32.2 Å². The molecular weight excluding hydrogens is 290 g/mol. The Morgan fingerprint density at radius 1 is 1.33 bits per heavy atom. The van der Waals surface area contributed by atoms with Crippen molar-refractivity contribution >= 4 is 15.7 Å². The predicted octanol–water partition coefficient (Wildman–Crippen LogP) is 1.32. The van der Waals surface area contributed by atoms with Crippen molar-refractivity contribution in [3.8, 4) is 5.75 Å². The van der Waals surface area contributed by atoms with Crippen molar-refractivity contribution in [3.05, 3.63) is 29.8 Å². The molecule has 5 nitrogen and oxygen atoms in total. The van der Waals surface area contributed by atoms with Gasteiger partial charge in [0, 0.05) is 0 Å². The van der Waals surface area contributed by atoms with Crippen molar-refractivity contribution in [3.63, 3.8) is 0 Å². The van der Waals surface area contributed by atoms with Gasteiger partial charge in [-0.3, -0.25) is 4.79 Å². The lowest BCUT2D eigenvalue weighted by Crippen LogP contribution is -2.48. The standard InChI is InChI=1S/C15H21NO4S/c1-3-12-4-6-13(7-5-12)20-10-14(17)16-15(2)8-9-21(18,19)11-15/h4-7H,3,8-11H2,1-2H3,(H,16,17)/t15-/m0/s1. The minimum Gasteiger partial charge on any atom is -0.484 e. The summed E-state index contributed by atoms with van der Waals surface area (Å²) in [5.74, 6) is 0.459. The highest BCUT2D eigenvalue weighted by molar-refractivity contribution is 7.91. The van der Waals surface area contributed by atoms with E-state index in [1.165, 1.54) is 5.56 Å². The molecule has 1 amide bonds. The molecule has 116 valence electrons. The summed E-state index contributed by atoms with van der Waals surface area (Å²) < 4.78 is 28.4. The Kier molecular flexibility index (Phi) is 4.56. The summed E-state index contributed by atoms with van der Waals surface area (Å²) in [4.78, 5) is 11.9. The molecule has 0 unspecified atom stereocenters. The van der Waals surface area contributed by atoms with E-state index in [9.17, 15) is 13.2 Å². The van der Waals surface area contributed by atoms with Gasteiger partial charge in [0.2, 0.25) is 0 Å². The van der Waals surface area contributed by atoms with Crippen LogP contribution in [0.25, 0.3) is 0 Å². The second kappa shape index (κ2) is 6.05. The zero-order valence-electron chi connectivity index (χ0n) is 12.4. The summed E-state index contributed by atoms with van der Waals surface area (Å²) in [6.07, 6.45) is 1.40. The molecule has 1 fully saturated rings. The fourth-order valence-electron chi connectivity index (χ4n) is 2.45. The normalized spacial score (nSPS) is 23.7. The number of sulfone groups is 1. The molecule has 0 radical (unpaired) electrons. The molecule has 1 saturated heterocycles. The van der Waals surface area contributed by atoms with Crippen molar-refractivity contribution in [1.29, 1.82) is 0 Å². The van der Waals surface area contributed by atoms with Crippen molar-refractivity contribution in [1.82, 2.24) is 5.32 Å². The molecule has 0 aliphatic carbocycles. The quantitative estimate of drug-likeness (QED) is 0.890. The van der Waals surface area contributed by atoms with Crippen LogP contribution >= 0.6 is 0 Å². The average molecular weight is 311 g/mol. The summed E-state index contributed by atoms with van der Waals surface area (Å²) in [7, 11) is -3.03. The maximum atomic E-state index is 11.9. The van der Waals surface area contributed by atoms with Crippen molar-refractivity contribution < 1.29 is 17.9 Å². The first kappa shape index (κ1) is 15.8. The molecule has 1 N–H and O–H groups in total. The number of nitrogens with one attached hydrogen (secondary N) is 1. The highest BCUT2D eigenvalue weighted by Crippen LogP contribution is 2.22. The predicted molar refractivity (Wildman–Crippen MR) is 81.1 cm³/mol. The van der Waals surface area contributed by atoms with E-state index in [0.29, 0.717) is 12.2 Å².